The van der Waals surface area contributed by atoms with Gasteiger partial charge in [0.15, 0.2) is 6.10 Å². The number of ether oxygens (including phenoxy) is 1. The molecule has 0 aliphatic rings. The second-order valence-electron chi connectivity index (χ2n) is 6.00. The first-order chi connectivity index (χ1) is 12.8. The summed E-state index contributed by atoms with van der Waals surface area (Å²) in [6.45, 7) is 2.86. The van der Waals surface area contributed by atoms with E-state index in [1.54, 1.807) is 24.3 Å². The third kappa shape index (κ3) is 6.75. The highest BCUT2D eigenvalue weighted by Crippen LogP contribution is 2.18. The van der Waals surface area contributed by atoms with Gasteiger partial charge in [-0.05, 0) is 36.8 Å². The summed E-state index contributed by atoms with van der Waals surface area (Å²) in [4.78, 5) is 35.9. The fourth-order valence-electron chi connectivity index (χ4n) is 2.43. The number of nitrogens with one attached hydrogen (secondary N) is 2. The van der Waals surface area contributed by atoms with Gasteiger partial charge in [-0.15, -0.1) is 0 Å². The maximum atomic E-state index is 12.2. The highest BCUT2D eigenvalue weighted by atomic mass is 35.5. The van der Waals surface area contributed by atoms with Crippen molar-refractivity contribution in [2.24, 2.45) is 0 Å². The van der Waals surface area contributed by atoms with Crippen molar-refractivity contribution in [1.82, 2.24) is 5.32 Å². The molecule has 2 rings (SSSR count). The molecular weight excluding hydrogens is 368 g/mol. The van der Waals surface area contributed by atoms with Crippen molar-refractivity contribution in [3.8, 4) is 0 Å². The summed E-state index contributed by atoms with van der Waals surface area (Å²) in [5.74, 6) is -1.30. The van der Waals surface area contributed by atoms with Gasteiger partial charge in [-0.25, -0.2) is 0 Å². The van der Waals surface area contributed by atoms with E-state index in [1.165, 1.54) is 13.8 Å². The minimum atomic E-state index is -0.984. The number of amides is 2. The highest BCUT2D eigenvalue weighted by molar-refractivity contribution is 6.30. The number of halogens is 1. The van der Waals surface area contributed by atoms with Crippen LogP contribution in [0, 0.1) is 0 Å². The molecule has 0 spiro atoms. The number of carbonyl (C=O) groups excluding carboxylic acids is 3. The van der Waals surface area contributed by atoms with Crippen LogP contribution >= 0.6 is 11.6 Å². The molecule has 2 atom stereocenters. The summed E-state index contributed by atoms with van der Waals surface area (Å²) in [5, 5.41) is 5.92. The lowest BCUT2D eigenvalue weighted by atomic mass is 10.0. The van der Waals surface area contributed by atoms with Crippen LogP contribution in [-0.4, -0.2) is 23.9 Å². The Bertz CT molecular complexity index is 793. The van der Waals surface area contributed by atoms with E-state index >= 15 is 0 Å². The fourth-order valence-corrected chi connectivity index (χ4v) is 2.55. The lowest BCUT2D eigenvalue weighted by molar-refractivity contribution is -0.153. The van der Waals surface area contributed by atoms with Gasteiger partial charge in [0.05, 0.1) is 12.5 Å². The van der Waals surface area contributed by atoms with E-state index in [-0.39, 0.29) is 12.3 Å². The predicted molar refractivity (Wildman–Crippen MR) is 103 cm³/mol. The Balaban J connectivity index is 1.94. The van der Waals surface area contributed by atoms with Crippen LogP contribution in [0.1, 0.15) is 31.9 Å². The fraction of sp³-hybridized carbons (Fsp3) is 0.250. The van der Waals surface area contributed by atoms with Gasteiger partial charge in [0.25, 0.3) is 5.91 Å². The summed E-state index contributed by atoms with van der Waals surface area (Å²) >= 11 is 5.80. The first kappa shape index (κ1) is 20.5. The van der Waals surface area contributed by atoms with Crippen LogP contribution in [0.3, 0.4) is 0 Å². The van der Waals surface area contributed by atoms with Gasteiger partial charge in [-0.1, -0.05) is 41.9 Å². The third-order valence-corrected chi connectivity index (χ3v) is 3.99. The Labute approximate surface area is 162 Å². The van der Waals surface area contributed by atoms with Crippen LogP contribution < -0.4 is 10.6 Å². The SMILES string of the molecule is CC(=O)N[C@H](CC(=O)O[C@H](C)C(=O)Nc1ccc(Cl)cc1)c1ccccc1. The van der Waals surface area contributed by atoms with Crippen molar-refractivity contribution in [1.29, 1.82) is 0 Å². The Morgan fingerprint density at radius 3 is 2.26 bits per heavy atom. The van der Waals surface area contributed by atoms with Crippen LogP contribution in [0.4, 0.5) is 5.69 Å². The maximum Gasteiger partial charge on any atom is 0.309 e. The Kier molecular flexibility index (Phi) is 7.37. The molecule has 0 fully saturated rings. The van der Waals surface area contributed by atoms with Crippen LogP contribution in [0.5, 0.6) is 0 Å². The molecule has 142 valence electrons. The number of hydrogen-bond donors (Lipinski definition) is 2. The smallest absolute Gasteiger partial charge is 0.309 e. The first-order valence-corrected chi connectivity index (χ1v) is 8.81. The van der Waals surface area contributed by atoms with Crippen molar-refractivity contribution in [3.63, 3.8) is 0 Å². The lowest BCUT2D eigenvalue weighted by Gasteiger charge is -2.19. The average molecular weight is 389 g/mol. The summed E-state index contributed by atoms with van der Waals surface area (Å²) in [5.41, 5.74) is 1.33. The number of anilines is 1. The molecule has 0 saturated carbocycles. The molecule has 0 heterocycles. The zero-order valence-corrected chi connectivity index (χ0v) is 15.8. The quantitative estimate of drug-likeness (QED) is 0.711. The van der Waals surface area contributed by atoms with Crippen LogP contribution in [-0.2, 0) is 19.1 Å². The molecule has 0 saturated heterocycles. The van der Waals surface area contributed by atoms with E-state index in [0.717, 1.165) is 5.56 Å². The lowest BCUT2D eigenvalue weighted by Crippen LogP contribution is -2.33. The zero-order chi connectivity index (χ0) is 19.8. The van der Waals surface area contributed by atoms with E-state index < -0.39 is 24.0 Å². The summed E-state index contributed by atoms with van der Waals surface area (Å²) in [6, 6.07) is 15.2. The second kappa shape index (κ2) is 9.73. The van der Waals surface area contributed by atoms with E-state index in [9.17, 15) is 14.4 Å². The molecule has 2 aromatic rings. The molecule has 0 unspecified atom stereocenters. The first-order valence-electron chi connectivity index (χ1n) is 8.43. The van der Waals surface area contributed by atoms with Gasteiger partial charge >= 0.3 is 5.97 Å². The van der Waals surface area contributed by atoms with E-state index in [0.29, 0.717) is 10.7 Å². The number of benzene rings is 2. The standard InChI is InChI=1S/C20H21ClN2O4/c1-13(20(26)23-17-10-8-16(21)9-11-17)27-19(25)12-18(22-14(2)24)15-6-4-3-5-7-15/h3-11,13,18H,12H2,1-2H3,(H,22,24)(H,23,26)/t13-,18-/m1/s1. The molecule has 0 radical (unpaired) electrons. The third-order valence-electron chi connectivity index (χ3n) is 3.74. The van der Waals surface area contributed by atoms with Gasteiger partial charge < -0.3 is 15.4 Å². The predicted octanol–water partition coefficient (Wildman–Crippen LogP) is 3.48. The summed E-state index contributed by atoms with van der Waals surface area (Å²) < 4.78 is 5.21. The highest BCUT2D eigenvalue weighted by Gasteiger charge is 2.22. The number of carbonyl (C=O) groups is 3. The van der Waals surface area contributed by atoms with Crippen molar-refractivity contribution in [2.45, 2.75) is 32.4 Å². The molecular formula is C20H21ClN2O4. The maximum absolute atomic E-state index is 12.2. The second-order valence-corrected chi connectivity index (χ2v) is 6.43. The van der Waals surface area contributed by atoms with Crippen LogP contribution in [0.15, 0.2) is 54.6 Å². The van der Waals surface area contributed by atoms with Crippen molar-refractivity contribution < 1.29 is 19.1 Å². The summed E-state index contributed by atoms with van der Waals surface area (Å²) in [7, 11) is 0. The van der Waals surface area contributed by atoms with Gasteiger partial charge in [0, 0.05) is 17.6 Å². The molecule has 0 aliphatic heterocycles. The number of hydrogen-bond acceptors (Lipinski definition) is 4. The molecule has 27 heavy (non-hydrogen) atoms. The molecule has 0 aromatic heterocycles. The minimum absolute atomic E-state index is 0.0812. The van der Waals surface area contributed by atoms with Gasteiger partial charge in [0.1, 0.15) is 0 Å². The zero-order valence-electron chi connectivity index (χ0n) is 15.1. The normalized spacial score (nSPS) is 12.6. The topological polar surface area (TPSA) is 84.5 Å². The van der Waals surface area contributed by atoms with E-state index in [4.69, 9.17) is 16.3 Å². The van der Waals surface area contributed by atoms with Crippen molar-refractivity contribution >= 4 is 35.1 Å². The molecule has 7 heteroatoms. The minimum Gasteiger partial charge on any atom is -0.452 e. The van der Waals surface area contributed by atoms with E-state index in [2.05, 4.69) is 10.6 Å². The largest absolute Gasteiger partial charge is 0.452 e. The van der Waals surface area contributed by atoms with Gasteiger partial charge in [-0.3, -0.25) is 14.4 Å². The van der Waals surface area contributed by atoms with Gasteiger partial charge in [-0.2, -0.15) is 0 Å². The Hall–Kier alpha value is -2.86. The summed E-state index contributed by atoms with van der Waals surface area (Å²) in [6.07, 6.45) is -1.07. The van der Waals surface area contributed by atoms with E-state index in [1.807, 2.05) is 30.3 Å². The van der Waals surface area contributed by atoms with Crippen molar-refractivity contribution in [3.05, 3.63) is 65.2 Å². The number of esters is 1. The molecule has 0 bridgehead atoms. The van der Waals surface area contributed by atoms with Crippen molar-refractivity contribution in [2.75, 3.05) is 5.32 Å². The Morgan fingerprint density at radius 1 is 1.04 bits per heavy atom. The molecule has 2 N–H and O–H groups in total. The Morgan fingerprint density at radius 2 is 1.67 bits per heavy atom. The van der Waals surface area contributed by atoms with Gasteiger partial charge in [0.2, 0.25) is 5.91 Å². The van der Waals surface area contributed by atoms with Crippen LogP contribution in [0.25, 0.3) is 0 Å². The molecule has 0 aliphatic carbocycles. The molecule has 2 aromatic carbocycles. The monoisotopic (exact) mass is 388 g/mol. The van der Waals surface area contributed by atoms with Crippen LogP contribution in [0.2, 0.25) is 5.02 Å². The molecule has 2 amide bonds. The average Bonchev–Trinajstić information content (AvgIpc) is 2.63. The molecule has 6 nitrogen and oxygen atoms in total. The number of rotatable bonds is 7.